The van der Waals surface area contributed by atoms with E-state index in [1.165, 1.54) is 5.56 Å². The van der Waals surface area contributed by atoms with Crippen LogP contribution < -0.4 is 4.57 Å². The number of alkyl halides is 3. The van der Waals surface area contributed by atoms with Crippen LogP contribution in [-0.4, -0.2) is 23.0 Å². The molecule has 0 spiro atoms. The molecule has 0 amide bonds. The Kier molecular flexibility index (Phi) is 5.52. The lowest BCUT2D eigenvalue weighted by Gasteiger charge is -1.97. The summed E-state index contributed by atoms with van der Waals surface area (Å²) in [6.45, 7) is 2.04. The van der Waals surface area contributed by atoms with Gasteiger partial charge in [-0.3, -0.25) is 4.55 Å². The third-order valence-electron chi connectivity index (χ3n) is 2.57. The Hall–Kier alpha value is -2.38. The molecule has 6 nitrogen and oxygen atoms in total. The number of aromatic nitrogens is 2. The molecule has 0 saturated carbocycles. The number of rotatable bonds is 1. The van der Waals surface area contributed by atoms with Crippen LogP contribution in [0.2, 0.25) is 0 Å². The van der Waals surface area contributed by atoms with Crippen molar-refractivity contribution in [2.45, 2.75) is 12.4 Å². The molecule has 0 atom stereocenters. The molecule has 1 aromatic heterocycles. The molecule has 10 heteroatoms. The second kappa shape index (κ2) is 6.80. The van der Waals surface area contributed by atoms with Crippen LogP contribution in [0, 0.1) is 18.3 Å². The number of hydrogen-bond acceptors (Lipinski definition) is 3. The molecular weight excluding hydrogens is 335 g/mol. The number of benzene rings is 1. The molecular formula is C13H13F3N3O3S+. The van der Waals surface area contributed by atoms with Gasteiger partial charge in [-0.05, 0) is 24.6 Å². The van der Waals surface area contributed by atoms with E-state index in [-0.39, 0.29) is 0 Å². The first-order chi connectivity index (χ1) is 10.5. The maximum atomic E-state index is 10.7. The maximum Gasteiger partial charge on any atom is 0.522 e. The van der Waals surface area contributed by atoms with Crippen LogP contribution in [-0.2, 0) is 17.2 Å². The van der Waals surface area contributed by atoms with Gasteiger partial charge in [0.05, 0.1) is 7.05 Å². The lowest BCUT2D eigenvalue weighted by atomic mass is 10.2. The molecule has 0 fully saturated rings. The van der Waals surface area contributed by atoms with E-state index in [4.69, 9.17) is 18.2 Å². The van der Waals surface area contributed by atoms with E-state index in [9.17, 15) is 13.2 Å². The fourth-order valence-electron chi connectivity index (χ4n) is 1.60. The third kappa shape index (κ3) is 5.08. The lowest BCUT2D eigenvalue weighted by molar-refractivity contribution is -0.670. The normalized spacial score (nSPS) is 11.3. The Morgan fingerprint density at radius 3 is 2.35 bits per heavy atom. The highest BCUT2D eigenvalue weighted by atomic mass is 32.2. The first-order valence-corrected chi connectivity index (χ1v) is 7.48. The summed E-state index contributed by atoms with van der Waals surface area (Å²) in [7, 11) is -3.93. The molecule has 124 valence electrons. The van der Waals surface area contributed by atoms with E-state index in [0.29, 0.717) is 5.69 Å². The monoisotopic (exact) mass is 348 g/mol. The van der Waals surface area contributed by atoms with E-state index in [2.05, 4.69) is 12.1 Å². The number of aryl methyl sites for hydroxylation is 2. The van der Waals surface area contributed by atoms with Gasteiger partial charge in [0.1, 0.15) is 18.0 Å². The van der Waals surface area contributed by atoms with Crippen LogP contribution in [0.25, 0.3) is 5.69 Å². The highest BCUT2D eigenvalue weighted by Gasteiger charge is 2.44. The molecule has 0 aliphatic rings. The van der Waals surface area contributed by atoms with Gasteiger partial charge in [-0.2, -0.15) is 31.4 Å². The van der Waals surface area contributed by atoms with E-state index in [1.54, 1.807) is 0 Å². The molecule has 0 bridgehead atoms. The van der Waals surface area contributed by atoms with Gasteiger partial charge in [0.15, 0.2) is 0 Å². The van der Waals surface area contributed by atoms with Crippen LogP contribution in [0.3, 0.4) is 0 Å². The van der Waals surface area contributed by atoms with Crippen LogP contribution >= 0.6 is 0 Å². The molecule has 1 N–H and O–H groups in total. The van der Waals surface area contributed by atoms with Gasteiger partial charge in [0.25, 0.3) is 0 Å². The lowest BCUT2D eigenvalue weighted by Crippen LogP contribution is -2.23. The predicted molar refractivity (Wildman–Crippen MR) is 74.0 cm³/mol. The Morgan fingerprint density at radius 1 is 1.35 bits per heavy atom. The second-order valence-electron chi connectivity index (χ2n) is 4.54. The second-order valence-corrected chi connectivity index (χ2v) is 5.95. The molecule has 23 heavy (non-hydrogen) atoms. The Morgan fingerprint density at radius 2 is 1.91 bits per heavy atom. The zero-order valence-electron chi connectivity index (χ0n) is 12.1. The minimum absolute atomic E-state index is 0.642. The quantitative estimate of drug-likeness (QED) is 0.484. The number of halogens is 3. The Balaban J connectivity index is 0.000000284. The largest absolute Gasteiger partial charge is 0.522 e. The SMILES string of the molecule is Cc1cccc(-n2c[n+](C)cc2C#N)c1.O=S(=O)(O)C(F)(F)F. The number of imidazole rings is 1. The fraction of sp³-hybridized carbons (Fsp3) is 0.231. The number of hydrogen-bond donors (Lipinski definition) is 1. The third-order valence-corrected chi connectivity index (χ3v) is 3.15. The zero-order chi connectivity index (χ0) is 17.8. The van der Waals surface area contributed by atoms with Crippen LogP contribution in [0.4, 0.5) is 13.2 Å². The molecule has 0 unspecified atom stereocenters. The summed E-state index contributed by atoms with van der Waals surface area (Å²) < 4.78 is 61.3. The predicted octanol–water partition coefficient (Wildman–Crippen LogP) is 1.88. The maximum absolute atomic E-state index is 10.7. The van der Waals surface area contributed by atoms with Crippen molar-refractivity contribution in [3.05, 3.63) is 48.0 Å². The standard InChI is InChI=1S/C12H12N3.CHF3O3S/c1-10-4-3-5-11(6-10)15-9-14(2)8-12(15)7-13;2-1(3,4)8(5,6)7/h3-6,8-9H,1-2H3;(H,5,6,7)/q+1;. The average molecular weight is 348 g/mol. The minimum atomic E-state index is -5.84. The fourth-order valence-corrected chi connectivity index (χ4v) is 1.60. The molecule has 0 aliphatic heterocycles. The van der Waals surface area contributed by atoms with E-state index in [0.717, 1.165) is 5.69 Å². The Labute approximate surface area is 130 Å². The van der Waals surface area contributed by atoms with Crippen LogP contribution in [0.1, 0.15) is 11.3 Å². The van der Waals surface area contributed by atoms with Crippen molar-refractivity contribution in [1.29, 1.82) is 5.26 Å². The molecule has 1 aromatic carbocycles. The molecule has 0 radical (unpaired) electrons. The molecule has 2 rings (SSSR count). The smallest absolute Gasteiger partial charge is 0.279 e. The molecule has 1 heterocycles. The molecule has 2 aromatic rings. The summed E-state index contributed by atoms with van der Waals surface area (Å²) in [4.78, 5) is 0. The average Bonchev–Trinajstić information content (AvgIpc) is 2.78. The van der Waals surface area contributed by atoms with Gasteiger partial charge in [-0.15, -0.1) is 0 Å². The summed E-state index contributed by atoms with van der Waals surface area (Å²) in [5.74, 6) is 0. The summed E-state index contributed by atoms with van der Waals surface area (Å²) in [6.07, 6.45) is 3.70. The van der Waals surface area contributed by atoms with E-state index >= 15 is 0 Å². The minimum Gasteiger partial charge on any atom is -0.279 e. The van der Waals surface area contributed by atoms with Gasteiger partial charge in [-0.25, -0.2) is 4.57 Å². The van der Waals surface area contributed by atoms with Crippen molar-refractivity contribution in [3.8, 4) is 11.8 Å². The van der Waals surface area contributed by atoms with Gasteiger partial charge in [-0.1, -0.05) is 12.1 Å². The summed E-state index contributed by atoms with van der Waals surface area (Å²) >= 11 is 0. The zero-order valence-corrected chi connectivity index (χ0v) is 12.9. The van der Waals surface area contributed by atoms with Crippen LogP contribution in [0.15, 0.2) is 36.8 Å². The van der Waals surface area contributed by atoms with Crippen LogP contribution in [0.5, 0.6) is 0 Å². The van der Waals surface area contributed by atoms with Crippen molar-refractivity contribution in [3.63, 3.8) is 0 Å². The first-order valence-electron chi connectivity index (χ1n) is 6.04. The Bertz CT molecular complexity index is 836. The van der Waals surface area contributed by atoms with Crippen molar-refractivity contribution < 1.29 is 30.7 Å². The summed E-state index contributed by atoms with van der Waals surface area (Å²) in [5, 5.41) is 8.98. The van der Waals surface area contributed by atoms with Gasteiger partial charge in [0, 0.05) is 0 Å². The van der Waals surface area contributed by atoms with E-state index < -0.39 is 15.6 Å². The van der Waals surface area contributed by atoms with Crippen molar-refractivity contribution in [2.24, 2.45) is 7.05 Å². The molecule has 0 aliphatic carbocycles. The van der Waals surface area contributed by atoms with Gasteiger partial charge < -0.3 is 0 Å². The first kappa shape index (κ1) is 18.7. The van der Waals surface area contributed by atoms with Gasteiger partial charge in [0.2, 0.25) is 12.0 Å². The molecule has 0 saturated heterocycles. The van der Waals surface area contributed by atoms with Crippen molar-refractivity contribution >= 4 is 10.1 Å². The van der Waals surface area contributed by atoms with Gasteiger partial charge >= 0.3 is 15.6 Å². The van der Waals surface area contributed by atoms with Crippen molar-refractivity contribution in [1.82, 2.24) is 4.57 Å². The highest BCUT2D eigenvalue weighted by molar-refractivity contribution is 7.86. The summed E-state index contributed by atoms with van der Waals surface area (Å²) in [5.41, 5.74) is -2.68. The number of nitrogens with zero attached hydrogens (tertiary/aromatic N) is 3. The topological polar surface area (TPSA) is 87.0 Å². The highest BCUT2D eigenvalue weighted by Crippen LogP contribution is 2.20. The summed E-state index contributed by atoms with van der Waals surface area (Å²) in [6, 6.07) is 10.3. The van der Waals surface area contributed by atoms with Crippen molar-refractivity contribution in [2.75, 3.05) is 0 Å². The number of nitriles is 1. The van der Waals surface area contributed by atoms with E-state index in [1.807, 2.05) is 53.8 Å².